The first-order valence-electron chi connectivity index (χ1n) is 10.2. The SMILES string of the molecule is CCNC(=NCc1ccc(OC)cc1OC)NCCCN1CC(C)OC(C)C1. The van der Waals surface area contributed by atoms with Crippen molar-refractivity contribution in [3.8, 4) is 11.5 Å². The van der Waals surface area contributed by atoms with Crippen molar-refractivity contribution in [2.75, 3.05) is 46.9 Å². The van der Waals surface area contributed by atoms with Crippen LogP contribution in [0.15, 0.2) is 23.2 Å². The molecule has 0 radical (unpaired) electrons. The summed E-state index contributed by atoms with van der Waals surface area (Å²) in [6, 6.07) is 5.80. The number of aliphatic imine (C=N–C) groups is 1. The highest BCUT2D eigenvalue weighted by Gasteiger charge is 2.21. The molecule has 0 amide bonds. The molecule has 1 aromatic rings. The topological polar surface area (TPSA) is 67.4 Å². The minimum absolute atomic E-state index is 0.315. The highest BCUT2D eigenvalue weighted by molar-refractivity contribution is 5.79. The highest BCUT2D eigenvalue weighted by Crippen LogP contribution is 2.25. The molecule has 1 fully saturated rings. The Kier molecular flexibility index (Phi) is 9.37. The molecular formula is C21H36N4O3. The zero-order valence-corrected chi connectivity index (χ0v) is 18.0. The normalized spacial score (nSPS) is 20.7. The summed E-state index contributed by atoms with van der Waals surface area (Å²) >= 11 is 0. The van der Waals surface area contributed by atoms with Crippen molar-refractivity contribution in [2.24, 2.45) is 4.99 Å². The lowest BCUT2D eigenvalue weighted by Gasteiger charge is -2.35. The van der Waals surface area contributed by atoms with Crippen LogP contribution in [0.4, 0.5) is 0 Å². The minimum atomic E-state index is 0.315. The van der Waals surface area contributed by atoms with Gasteiger partial charge in [0.05, 0.1) is 33.0 Å². The lowest BCUT2D eigenvalue weighted by Crippen LogP contribution is -2.46. The molecular weight excluding hydrogens is 356 g/mol. The molecule has 2 atom stereocenters. The summed E-state index contributed by atoms with van der Waals surface area (Å²) in [6.45, 7) is 11.7. The maximum Gasteiger partial charge on any atom is 0.191 e. The number of hydrogen-bond donors (Lipinski definition) is 2. The summed E-state index contributed by atoms with van der Waals surface area (Å²) in [6.07, 6.45) is 1.69. The summed E-state index contributed by atoms with van der Waals surface area (Å²) < 4.78 is 16.5. The molecule has 0 saturated carbocycles. The number of nitrogens with one attached hydrogen (secondary N) is 2. The molecule has 0 aromatic heterocycles. The van der Waals surface area contributed by atoms with Crippen molar-refractivity contribution in [3.05, 3.63) is 23.8 Å². The molecule has 2 rings (SSSR count). The first-order valence-corrected chi connectivity index (χ1v) is 10.2. The molecule has 7 heteroatoms. The average Bonchev–Trinajstić information content (AvgIpc) is 2.68. The van der Waals surface area contributed by atoms with Crippen molar-refractivity contribution in [1.29, 1.82) is 0 Å². The van der Waals surface area contributed by atoms with Crippen molar-refractivity contribution in [1.82, 2.24) is 15.5 Å². The predicted molar refractivity (Wildman–Crippen MR) is 113 cm³/mol. The van der Waals surface area contributed by atoms with E-state index in [4.69, 9.17) is 19.2 Å². The van der Waals surface area contributed by atoms with Gasteiger partial charge in [-0.05, 0) is 39.3 Å². The third kappa shape index (κ3) is 7.20. The number of methoxy groups -OCH3 is 2. The number of benzene rings is 1. The largest absolute Gasteiger partial charge is 0.497 e. The quantitative estimate of drug-likeness (QED) is 0.382. The van der Waals surface area contributed by atoms with Crippen LogP contribution in [0, 0.1) is 0 Å². The van der Waals surface area contributed by atoms with Gasteiger partial charge in [-0.1, -0.05) is 0 Å². The maximum absolute atomic E-state index is 5.80. The Morgan fingerprint density at radius 2 is 1.93 bits per heavy atom. The number of ether oxygens (including phenoxy) is 3. The van der Waals surface area contributed by atoms with E-state index in [0.29, 0.717) is 18.8 Å². The van der Waals surface area contributed by atoms with Gasteiger partial charge in [-0.2, -0.15) is 0 Å². The molecule has 0 spiro atoms. The van der Waals surface area contributed by atoms with E-state index in [0.717, 1.165) is 62.2 Å². The van der Waals surface area contributed by atoms with Crippen LogP contribution in [0.25, 0.3) is 0 Å². The second-order valence-electron chi connectivity index (χ2n) is 7.17. The van der Waals surface area contributed by atoms with Crippen molar-refractivity contribution < 1.29 is 14.2 Å². The first kappa shape index (κ1) is 22.3. The third-order valence-corrected chi connectivity index (χ3v) is 4.68. The molecule has 0 bridgehead atoms. The number of hydrogen-bond acceptors (Lipinski definition) is 5. The maximum atomic E-state index is 5.80. The average molecular weight is 393 g/mol. The second kappa shape index (κ2) is 11.8. The van der Waals surface area contributed by atoms with Gasteiger partial charge in [0.1, 0.15) is 11.5 Å². The third-order valence-electron chi connectivity index (χ3n) is 4.68. The standard InChI is InChI=1S/C21H36N4O3/c1-6-22-21(23-10-7-11-25-14-16(2)28-17(3)15-25)24-13-18-8-9-19(26-4)12-20(18)27-5/h8-9,12,16-17H,6-7,10-11,13-15H2,1-5H3,(H2,22,23,24). The Morgan fingerprint density at radius 1 is 1.18 bits per heavy atom. The van der Waals surface area contributed by atoms with Crippen molar-refractivity contribution in [2.45, 2.75) is 45.9 Å². The van der Waals surface area contributed by atoms with Gasteiger partial charge in [-0.25, -0.2) is 4.99 Å². The van der Waals surface area contributed by atoms with Gasteiger partial charge in [0.25, 0.3) is 0 Å². The molecule has 2 unspecified atom stereocenters. The fraction of sp³-hybridized carbons (Fsp3) is 0.667. The Hall–Kier alpha value is -1.99. The van der Waals surface area contributed by atoms with Crippen LogP contribution in [-0.2, 0) is 11.3 Å². The monoisotopic (exact) mass is 392 g/mol. The molecule has 0 aliphatic carbocycles. The summed E-state index contributed by atoms with van der Waals surface area (Å²) in [5.41, 5.74) is 1.02. The van der Waals surface area contributed by atoms with E-state index in [1.165, 1.54) is 0 Å². The molecule has 1 aromatic carbocycles. The fourth-order valence-electron chi connectivity index (χ4n) is 3.46. The lowest BCUT2D eigenvalue weighted by atomic mass is 10.2. The van der Waals surface area contributed by atoms with E-state index in [9.17, 15) is 0 Å². The van der Waals surface area contributed by atoms with E-state index in [-0.39, 0.29) is 0 Å². The second-order valence-corrected chi connectivity index (χ2v) is 7.17. The van der Waals surface area contributed by atoms with Gasteiger partial charge in [0.2, 0.25) is 0 Å². The van der Waals surface area contributed by atoms with Crippen LogP contribution in [0.1, 0.15) is 32.8 Å². The molecule has 2 N–H and O–H groups in total. The van der Waals surface area contributed by atoms with Gasteiger partial charge in [0, 0.05) is 44.4 Å². The number of guanidine groups is 1. The van der Waals surface area contributed by atoms with E-state index in [1.807, 2.05) is 18.2 Å². The molecule has 28 heavy (non-hydrogen) atoms. The van der Waals surface area contributed by atoms with Gasteiger partial charge in [-0.3, -0.25) is 4.90 Å². The lowest BCUT2D eigenvalue weighted by molar-refractivity contribution is -0.0679. The van der Waals surface area contributed by atoms with Crippen LogP contribution in [0.2, 0.25) is 0 Å². The molecule has 1 aliphatic rings. The summed E-state index contributed by atoms with van der Waals surface area (Å²) in [5, 5.41) is 6.73. The van der Waals surface area contributed by atoms with E-state index in [2.05, 4.69) is 36.3 Å². The van der Waals surface area contributed by atoms with Crippen LogP contribution >= 0.6 is 0 Å². The Bertz CT molecular complexity index is 614. The highest BCUT2D eigenvalue weighted by atomic mass is 16.5. The first-order chi connectivity index (χ1) is 13.5. The fourth-order valence-corrected chi connectivity index (χ4v) is 3.46. The van der Waals surface area contributed by atoms with Crippen molar-refractivity contribution >= 4 is 5.96 Å². The zero-order chi connectivity index (χ0) is 20.4. The number of nitrogens with zero attached hydrogens (tertiary/aromatic N) is 2. The minimum Gasteiger partial charge on any atom is -0.497 e. The Labute approximate surface area is 169 Å². The Morgan fingerprint density at radius 3 is 2.57 bits per heavy atom. The van der Waals surface area contributed by atoms with Crippen LogP contribution in [0.3, 0.4) is 0 Å². The molecule has 158 valence electrons. The van der Waals surface area contributed by atoms with Gasteiger partial charge >= 0.3 is 0 Å². The van der Waals surface area contributed by atoms with Crippen molar-refractivity contribution in [3.63, 3.8) is 0 Å². The summed E-state index contributed by atoms with van der Waals surface area (Å²) in [5.74, 6) is 2.39. The van der Waals surface area contributed by atoms with Crippen LogP contribution < -0.4 is 20.1 Å². The number of rotatable bonds is 9. The predicted octanol–water partition coefficient (Wildman–Crippen LogP) is 2.26. The number of morpholine rings is 1. The smallest absolute Gasteiger partial charge is 0.191 e. The molecule has 1 saturated heterocycles. The summed E-state index contributed by atoms with van der Waals surface area (Å²) in [7, 11) is 3.32. The zero-order valence-electron chi connectivity index (χ0n) is 18.0. The van der Waals surface area contributed by atoms with Gasteiger partial charge in [-0.15, -0.1) is 0 Å². The molecule has 7 nitrogen and oxygen atoms in total. The van der Waals surface area contributed by atoms with E-state index >= 15 is 0 Å². The van der Waals surface area contributed by atoms with Crippen LogP contribution in [-0.4, -0.2) is 70.0 Å². The van der Waals surface area contributed by atoms with Crippen LogP contribution in [0.5, 0.6) is 11.5 Å². The molecule has 1 aliphatic heterocycles. The van der Waals surface area contributed by atoms with Gasteiger partial charge in [0.15, 0.2) is 5.96 Å². The summed E-state index contributed by atoms with van der Waals surface area (Å²) in [4.78, 5) is 7.18. The van der Waals surface area contributed by atoms with E-state index in [1.54, 1.807) is 14.2 Å². The Balaban J connectivity index is 1.83. The molecule has 1 heterocycles. The van der Waals surface area contributed by atoms with Gasteiger partial charge < -0.3 is 24.8 Å². The van der Waals surface area contributed by atoms with E-state index < -0.39 is 0 Å².